The number of nitrogens with two attached hydrogens (primary N) is 1. The van der Waals surface area contributed by atoms with Gasteiger partial charge in [0.05, 0.1) is 12.4 Å². The fourth-order valence-corrected chi connectivity index (χ4v) is 2.38. The second-order valence-electron chi connectivity index (χ2n) is 5.59. The minimum absolute atomic E-state index is 0.00123. The van der Waals surface area contributed by atoms with Crippen LogP contribution in [0.15, 0.2) is 67.1 Å². The Balaban J connectivity index is 1.56. The zero-order valence-corrected chi connectivity index (χ0v) is 13.2. The minimum atomic E-state index is -0.536. The normalized spacial score (nSPS) is 11.9. The lowest BCUT2D eigenvalue weighted by molar-refractivity contribution is -0.119. The third-order valence-electron chi connectivity index (χ3n) is 3.69. The summed E-state index contributed by atoms with van der Waals surface area (Å²) >= 11 is 0. The number of nitrogens with one attached hydrogen (secondary N) is 1. The fourth-order valence-electron chi connectivity index (χ4n) is 2.38. The van der Waals surface area contributed by atoms with E-state index in [1.807, 2.05) is 54.6 Å². The third-order valence-corrected chi connectivity index (χ3v) is 3.69. The molecular formula is C19H19N3O2. The summed E-state index contributed by atoms with van der Waals surface area (Å²) in [6, 6.07) is 16.5. The molecule has 0 saturated heterocycles. The standard InChI is InChI=1S/C19H19N3O2/c20-18(11-15-12-21-13-22-15)19(23)10-14-6-8-17(9-7-14)24-16-4-2-1-3-5-16/h1-9,12-13,18H,10-11,20H2,(H,21,22)/t18-/m0/s1. The van der Waals surface area contributed by atoms with E-state index in [2.05, 4.69) is 9.97 Å². The smallest absolute Gasteiger partial charge is 0.154 e. The third kappa shape index (κ3) is 4.30. The Kier molecular flexibility index (Phi) is 5.03. The molecule has 0 saturated carbocycles. The maximum Gasteiger partial charge on any atom is 0.154 e. The molecule has 3 rings (SSSR count). The van der Waals surface area contributed by atoms with Crippen molar-refractivity contribution >= 4 is 5.78 Å². The van der Waals surface area contributed by atoms with Gasteiger partial charge in [0, 0.05) is 24.7 Å². The number of imidazole rings is 1. The van der Waals surface area contributed by atoms with Crippen molar-refractivity contribution in [3.63, 3.8) is 0 Å². The zero-order valence-electron chi connectivity index (χ0n) is 13.2. The van der Waals surface area contributed by atoms with E-state index in [0.29, 0.717) is 12.8 Å². The maximum atomic E-state index is 12.2. The van der Waals surface area contributed by atoms with E-state index in [9.17, 15) is 4.79 Å². The SMILES string of the molecule is N[C@@H](Cc1cnc[nH]1)C(=O)Cc1ccc(Oc2ccccc2)cc1. The summed E-state index contributed by atoms with van der Waals surface area (Å²) in [5, 5.41) is 0. The van der Waals surface area contributed by atoms with Crippen molar-refractivity contribution in [3.05, 3.63) is 78.4 Å². The number of H-pyrrole nitrogens is 1. The monoisotopic (exact) mass is 321 g/mol. The highest BCUT2D eigenvalue weighted by Crippen LogP contribution is 2.21. The van der Waals surface area contributed by atoms with Gasteiger partial charge in [0.15, 0.2) is 5.78 Å². The number of ether oxygens (including phenoxy) is 1. The summed E-state index contributed by atoms with van der Waals surface area (Å²) in [7, 11) is 0. The highest BCUT2D eigenvalue weighted by molar-refractivity contribution is 5.86. The number of hydrogen-bond donors (Lipinski definition) is 2. The number of hydrogen-bond acceptors (Lipinski definition) is 4. The van der Waals surface area contributed by atoms with Gasteiger partial charge in [0.1, 0.15) is 11.5 Å². The van der Waals surface area contributed by atoms with Crippen LogP contribution in [0.4, 0.5) is 0 Å². The maximum absolute atomic E-state index is 12.2. The van der Waals surface area contributed by atoms with Gasteiger partial charge in [-0.2, -0.15) is 0 Å². The Bertz CT molecular complexity index is 768. The van der Waals surface area contributed by atoms with Crippen LogP contribution in [0, 0.1) is 0 Å². The molecule has 1 heterocycles. The molecule has 5 nitrogen and oxygen atoms in total. The number of benzene rings is 2. The number of ketones is 1. The zero-order chi connectivity index (χ0) is 16.8. The first-order valence-corrected chi connectivity index (χ1v) is 7.78. The van der Waals surface area contributed by atoms with E-state index < -0.39 is 6.04 Å². The molecule has 0 amide bonds. The Morgan fingerprint density at radius 3 is 2.46 bits per heavy atom. The van der Waals surface area contributed by atoms with Gasteiger partial charge < -0.3 is 15.5 Å². The predicted molar refractivity (Wildman–Crippen MR) is 91.9 cm³/mol. The van der Waals surface area contributed by atoms with Crippen LogP contribution in [0.3, 0.4) is 0 Å². The Morgan fingerprint density at radius 1 is 1.08 bits per heavy atom. The van der Waals surface area contributed by atoms with Crippen LogP contribution in [0.5, 0.6) is 11.5 Å². The largest absolute Gasteiger partial charge is 0.457 e. The lowest BCUT2D eigenvalue weighted by atomic mass is 10.0. The highest BCUT2D eigenvalue weighted by atomic mass is 16.5. The Hall–Kier alpha value is -2.92. The summed E-state index contributed by atoms with van der Waals surface area (Å²) in [4.78, 5) is 19.1. The summed E-state index contributed by atoms with van der Waals surface area (Å²) < 4.78 is 5.74. The fraction of sp³-hybridized carbons (Fsp3) is 0.158. The molecule has 0 fully saturated rings. The number of aromatic nitrogens is 2. The van der Waals surface area contributed by atoms with Gasteiger partial charge in [-0.3, -0.25) is 4.79 Å². The molecule has 0 aliphatic carbocycles. The molecule has 24 heavy (non-hydrogen) atoms. The van der Waals surface area contributed by atoms with Crippen molar-refractivity contribution in [1.82, 2.24) is 9.97 Å². The van der Waals surface area contributed by atoms with Gasteiger partial charge in [-0.1, -0.05) is 30.3 Å². The number of nitrogens with zero attached hydrogens (tertiary/aromatic N) is 1. The average Bonchev–Trinajstić information content (AvgIpc) is 3.10. The molecular weight excluding hydrogens is 302 g/mol. The molecule has 3 N–H and O–H groups in total. The Labute approximate surface area is 140 Å². The van der Waals surface area contributed by atoms with Crippen LogP contribution in [-0.4, -0.2) is 21.8 Å². The quantitative estimate of drug-likeness (QED) is 0.701. The predicted octanol–water partition coefficient (Wildman–Crippen LogP) is 2.88. The minimum Gasteiger partial charge on any atom is -0.457 e. The van der Waals surface area contributed by atoms with Gasteiger partial charge in [-0.05, 0) is 29.8 Å². The van der Waals surface area contributed by atoms with E-state index in [-0.39, 0.29) is 5.78 Å². The molecule has 1 aromatic heterocycles. The molecule has 122 valence electrons. The van der Waals surface area contributed by atoms with Crippen LogP contribution >= 0.6 is 0 Å². The van der Waals surface area contributed by atoms with Crippen molar-refractivity contribution in [1.29, 1.82) is 0 Å². The number of carbonyl (C=O) groups excluding carboxylic acids is 1. The molecule has 0 aliphatic heterocycles. The number of carbonyl (C=O) groups is 1. The molecule has 0 unspecified atom stereocenters. The van der Waals surface area contributed by atoms with Crippen molar-refractivity contribution in [2.45, 2.75) is 18.9 Å². The first-order valence-electron chi connectivity index (χ1n) is 7.78. The highest BCUT2D eigenvalue weighted by Gasteiger charge is 2.15. The average molecular weight is 321 g/mol. The number of para-hydroxylation sites is 1. The number of Topliss-reactive ketones (excluding diaryl/α,β-unsaturated/α-hetero) is 1. The molecule has 0 spiro atoms. The van der Waals surface area contributed by atoms with E-state index >= 15 is 0 Å². The van der Waals surface area contributed by atoms with Gasteiger partial charge in [-0.15, -0.1) is 0 Å². The van der Waals surface area contributed by atoms with Crippen LogP contribution < -0.4 is 10.5 Å². The summed E-state index contributed by atoms with van der Waals surface area (Å²) in [5.74, 6) is 1.52. The lowest BCUT2D eigenvalue weighted by Gasteiger charge is -2.10. The van der Waals surface area contributed by atoms with Crippen molar-refractivity contribution in [2.75, 3.05) is 0 Å². The van der Waals surface area contributed by atoms with Crippen LogP contribution in [-0.2, 0) is 17.6 Å². The topological polar surface area (TPSA) is 81.0 Å². The van der Waals surface area contributed by atoms with Crippen LogP contribution in [0.1, 0.15) is 11.3 Å². The molecule has 3 aromatic rings. The van der Waals surface area contributed by atoms with Crippen molar-refractivity contribution in [3.8, 4) is 11.5 Å². The second kappa shape index (κ2) is 7.57. The molecule has 2 aromatic carbocycles. The number of rotatable bonds is 7. The van der Waals surface area contributed by atoms with Gasteiger partial charge in [0.2, 0.25) is 0 Å². The number of aromatic amines is 1. The molecule has 1 atom stereocenters. The van der Waals surface area contributed by atoms with Gasteiger partial charge in [0.25, 0.3) is 0 Å². The molecule has 0 radical (unpaired) electrons. The lowest BCUT2D eigenvalue weighted by Crippen LogP contribution is -2.34. The van der Waals surface area contributed by atoms with E-state index in [0.717, 1.165) is 22.8 Å². The van der Waals surface area contributed by atoms with E-state index in [4.69, 9.17) is 10.5 Å². The van der Waals surface area contributed by atoms with Crippen molar-refractivity contribution in [2.24, 2.45) is 5.73 Å². The van der Waals surface area contributed by atoms with Gasteiger partial charge >= 0.3 is 0 Å². The summed E-state index contributed by atoms with van der Waals surface area (Å²) in [6.45, 7) is 0. The first-order chi connectivity index (χ1) is 11.7. The molecule has 0 aliphatic rings. The summed E-state index contributed by atoms with van der Waals surface area (Å²) in [6.07, 6.45) is 4.04. The van der Waals surface area contributed by atoms with E-state index in [1.165, 1.54) is 0 Å². The van der Waals surface area contributed by atoms with Crippen LogP contribution in [0.25, 0.3) is 0 Å². The molecule has 0 bridgehead atoms. The molecule has 5 heteroatoms. The summed E-state index contributed by atoms with van der Waals surface area (Å²) in [5.41, 5.74) is 7.75. The van der Waals surface area contributed by atoms with E-state index in [1.54, 1.807) is 12.5 Å². The second-order valence-corrected chi connectivity index (χ2v) is 5.59. The van der Waals surface area contributed by atoms with Crippen molar-refractivity contribution < 1.29 is 9.53 Å². The first kappa shape index (κ1) is 16.0. The Morgan fingerprint density at radius 2 is 1.79 bits per heavy atom. The van der Waals surface area contributed by atoms with Gasteiger partial charge in [-0.25, -0.2) is 4.98 Å². The van der Waals surface area contributed by atoms with Crippen LogP contribution in [0.2, 0.25) is 0 Å².